The van der Waals surface area contributed by atoms with Crippen LogP contribution in [-0.2, 0) is 31.1 Å². The first-order valence-electron chi connectivity index (χ1n) is 10.5. The highest BCUT2D eigenvalue weighted by Crippen LogP contribution is 2.34. The molecule has 0 spiro atoms. The van der Waals surface area contributed by atoms with Crippen molar-refractivity contribution < 1.29 is 22.5 Å². The lowest BCUT2D eigenvalue weighted by atomic mass is 9.84. The number of benzene rings is 1. The Morgan fingerprint density at radius 3 is 2.43 bits per heavy atom. The molecule has 7 nitrogen and oxygen atoms in total. The summed E-state index contributed by atoms with van der Waals surface area (Å²) in [5, 5.41) is 11.1. The van der Waals surface area contributed by atoms with E-state index in [9.17, 15) is 18.3 Å². The molecule has 2 aromatic rings. The van der Waals surface area contributed by atoms with Gasteiger partial charge in [-0.25, -0.2) is 4.98 Å². The Balaban J connectivity index is 2.06. The number of carbonyl (C=O) groups is 1. The van der Waals surface area contributed by atoms with Crippen molar-refractivity contribution in [2.45, 2.75) is 89.2 Å². The van der Waals surface area contributed by atoms with E-state index >= 15 is 0 Å². The summed E-state index contributed by atoms with van der Waals surface area (Å²) in [5.74, 6) is -0.563. The minimum atomic E-state index is -4.22. The molecular weight excluding hydrogens is 404 g/mol. The molecule has 0 atom stereocenters. The van der Waals surface area contributed by atoms with Crippen LogP contribution in [-0.4, -0.2) is 34.6 Å². The Labute approximate surface area is 178 Å². The largest absolute Gasteiger partial charge is 0.388 e. The molecule has 8 heteroatoms. The van der Waals surface area contributed by atoms with Gasteiger partial charge in [0.2, 0.25) is 0 Å². The van der Waals surface area contributed by atoms with Crippen LogP contribution in [0.1, 0.15) is 72.5 Å². The summed E-state index contributed by atoms with van der Waals surface area (Å²) < 4.78 is 31.8. The molecule has 1 heterocycles. The number of carbonyl (C=O) groups excluding carboxylic acids is 1. The first-order valence-corrected chi connectivity index (χ1v) is 11.9. The number of aliphatic hydroxyl groups is 1. The van der Waals surface area contributed by atoms with Crippen molar-refractivity contribution in [3.8, 4) is 0 Å². The summed E-state index contributed by atoms with van der Waals surface area (Å²) >= 11 is 0. The van der Waals surface area contributed by atoms with E-state index in [1.54, 1.807) is 19.9 Å². The van der Waals surface area contributed by atoms with Crippen molar-refractivity contribution in [1.82, 2.24) is 9.55 Å². The molecule has 1 aromatic heterocycles. The zero-order valence-electron chi connectivity index (χ0n) is 18.4. The Hall–Kier alpha value is -1.93. The van der Waals surface area contributed by atoms with E-state index < -0.39 is 27.6 Å². The molecule has 0 unspecified atom stereocenters. The van der Waals surface area contributed by atoms with Gasteiger partial charge in [-0.05, 0) is 31.0 Å². The quantitative estimate of drug-likeness (QED) is 0.714. The standard InChI is InChI=1S/C22H32N2O5S/c1-15(2)19(25)29-30(27,28)16-9-10-18-17(13-16)23-20(21(3,4)5)24(18)14-22(26)11-7-6-8-12-22/h9-10,13,15,26H,6-8,11-12,14H2,1-5H3. The molecular formula is C22H32N2O5S. The van der Waals surface area contributed by atoms with Gasteiger partial charge in [-0.2, -0.15) is 8.42 Å². The lowest BCUT2D eigenvalue weighted by molar-refractivity contribution is -0.137. The van der Waals surface area contributed by atoms with E-state index in [2.05, 4.69) is 0 Å². The molecule has 3 rings (SSSR count). The molecule has 1 fully saturated rings. The van der Waals surface area contributed by atoms with E-state index in [-0.39, 0.29) is 10.3 Å². The Kier molecular flexibility index (Phi) is 6.04. The summed E-state index contributed by atoms with van der Waals surface area (Å²) in [6.07, 6.45) is 4.62. The summed E-state index contributed by atoms with van der Waals surface area (Å²) in [5.41, 5.74) is 0.172. The second kappa shape index (κ2) is 7.96. The molecule has 0 saturated heterocycles. The number of nitrogens with zero attached hydrogens (tertiary/aromatic N) is 2. The fourth-order valence-corrected chi connectivity index (χ4v) is 4.91. The molecule has 0 aliphatic heterocycles. The predicted octanol–water partition coefficient (Wildman–Crippen LogP) is 3.92. The van der Waals surface area contributed by atoms with Crippen molar-refractivity contribution >= 4 is 27.1 Å². The van der Waals surface area contributed by atoms with Crippen molar-refractivity contribution in [2.24, 2.45) is 5.92 Å². The fourth-order valence-electron chi connectivity index (χ4n) is 3.91. The van der Waals surface area contributed by atoms with Crippen LogP contribution >= 0.6 is 0 Å². The van der Waals surface area contributed by atoms with Gasteiger partial charge >= 0.3 is 16.1 Å². The smallest absolute Gasteiger partial charge is 0.341 e. The zero-order chi connectivity index (χ0) is 22.3. The summed E-state index contributed by atoms with van der Waals surface area (Å²) in [6.45, 7) is 9.69. The van der Waals surface area contributed by atoms with Crippen LogP contribution in [0.15, 0.2) is 23.1 Å². The highest BCUT2D eigenvalue weighted by atomic mass is 32.2. The molecule has 1 aromatic carbocycles. The van der Waals surface area contributed by atoms with Crippen LogP contribution in [0.4, 0.5) is 0 Å². The van der Waals surface area contributed by atoms with E-state index in [4.69, 9.17) is 9.17 Å². The van der Waals surface area contributed by atoms with Crippen LogP contribution in [0, 0.1) is 5.92 Å². The number of fused-ring (bicyclic) bond motifs is 1. The first-order chi connectivity index (χ1) is 13.8. The molecule has 30 heavy (non-hydrogen) atoms. The lowest BCUT2D eigenvalue weighted by Crippen LogP contribution is -2.37. The molecule has 0 radical (unpaired) electrons. The summed E-state index contributed by atoms with van der Waals surface area (Å²) in [4.78, 5) is 16.4. The number of hydrogen-bond acceptors (Lipinski definition) is 6. The molecule has 1 N–H and O–H groups in total. The second-order valence-electron chi connectivity index (χ2n) is 9.72. The second-order valence-corrected chi connectivity index (χ2v) is 11.3. The van der Waals surface area contributed by atoms with E-state index in [0.717, 1.165) is 43.4 Å². The van der Waals surface area contributed by atoms with Gasteiger partial charge in [-0.15, -0.1) is 0 Å². The van der Waals surface area contributed by atoms with Gasteiger partial charge in [0, 0.05) is 5.41 Å². The maximum absolute atomic E-state index is 12.5. The number of aromatic nitrogens is 2. The van der Waals surface area contributed by atoms with Gasteiger partial charge in [0.1, 0.15) is 10.7 Å². The van der Waals surface area contributed by atoms with Crippen LogP contribution in [0.5, 0.6) is 0 Å². The summed E-state index contributed by atoms with van der Waals surface area (Å²) in [7, 11) is -4.22. The molecule has 0 bridgehead atoms. The third kappa shape index (κ3) is 4.70. The van der Waals surface area contributed by atoms with Crippen LogP contribution in [0.25, 0.3) is 11.0 Å². The molecule has 1 aliphatic rings. The van der Waals surface area contributed by atoms with Crippen LogP contribution in [0.3, 0.4) is 0 Å². The van der Waals surface area contributed by atoms with Gasteiger partial charge in [-0.1, -0.05) is 53.9 Å². The number of rotatable bonds is 5. The number of hydrogen-bond donors (Lipinski definition) is 1. The lowest BCUT2D eigenvalue weighted by Gasteiger charge is -2.34. The van der Waals surface area contributed by atoms with Gasteiger partial charge in [0.25, 0.3) is 0 Å². The van der Waals surface area contributed by atoms with Gasteiger partial charge < -0.3 is 13.9 Å². The van der Waals surface area contributed by atoms with E-state index in [1.165, 1.54) is 12.1 Å². The monoisotopic (exact) mass is 436 g/mol. The van der Waals surface area contributed by atoms with Gasteiger partial charge in [-0.3, -0.25) is 4.79 Å². The topological polar surface area (TPSA) is 98.5 Å². The van der Waals surface area contributed by atoms with E-state index in [1.807, 2.05) is 25.3 Å². The first kappa shape index (κ1) is 22.7. The third-order valence-electron chi connectivity index (χ3n) is 5.58. The van der Waals surface area contributed by atoms with Gasteiger partial charge in [0.05, 0.1) is 29.1 Å². The van der Waals surface area contributed by atoms with Crippen LogP contribution in [0.2, 0.25) is 0 Å². The minimum absolute atomic E-state index is 0.106. The molecule has 1 saturated carbocycles. The normalized spacial score (nSPS) is 17.4. The predicted molar refractivity (Wildman–Crippen MR) is 115 cm³/mol. The third-order valence-corrected chi connectivity index (χ3v) is 6.79. The summed E-state index contributed by atoms with van der Waals surface area (Å²) in [6, 6.07) is 4.55. The highest BCUT2D eigenvalue weighted by molar-refractivity contribution is 7.87. The maximum Gasteiger partial charge on any atom is 0.341 e. The Bertz CT molecular complexity index is 1040. The zero-order valence-corrected chi connectivity index (χ0v) is 19.3. The SMILES string of the molecule is CC(C)C(=O)OS(=O)(=O)c1ccc2c(c1)nc(C(C)(C)C)n2CC1(O)CCCCC1. The Morgan fingerprint density at radius 2 is 1.87 bits per heavy atom. The van der Waals surface area contributed by atoms with E-state index in [0.29, 0.717) is 12.1 Å². The molecule has 1 aliphatic carbocycles. The van der Waals surface area contributed by atoms with Crippen molar-refractivity contribution in [3.63, 3.8) is 0 Å². The average molecular weight is 437 g/mol. The number of imidazole rings is 1. The van der Waals surface area contributed by atoms with Crippen molar-refractivity contribution in [3.05, 3.63) is 24.0 Å². The Morgan fingerprint density at radius 1 is 1.23 bits per heavy atom. The fraction of sp³-hybridized carbons (Fsp3) is 0.636. The highest BCUT2D eigenvalue weighted by Gasteiger charge is 2.33. The van der Waals surface area contributed by atoms with Gasteiger partial charge in [0.15, 0.2) is 0 Å². The van der Waals surface area contributed by atoms with Crippen molar-refractivity contribution in [2.75, 3.05) is 0 Å². The molecule has 166 valence electrons. The van der Waals surface area contributed by atoms with Crippen molar-refractivity contribution in [1.29, 1.82) is 0 Å². The molecule has 0 amide bonds. The van der Waals surface area contributed by atoms with Crippen LogP contribution < -0.4 is 0 Å². The average Bonchev–Trinajstić information content (AvgIpc) is 2.99. The maximum atomic E-state index is 12.5. The minimum Gasteiger partial charge on any atom is -0.388 e.